The van der Waals surface area contributed by atoms with Crippen molar-refractivity contribution in [3.05, 3.63) is 47.3 Å². The maximum atomic E-state index is 13.3. The summed E-state index contributed by atoms with van der Waals surface area (Å²) in [5, 5.41) is 0. The Balaban J connectivity index is 1.76. The van der Waals surface area contributed by atoms with Gasteiger partial charge in [0.2, 0.25) is 0 Å². The molecule has 1 aliphatic carbocycles. The average molecular weight is 414 g/mol. The standard InChI is InChI=1S/C22H22O8/c1-12(23)7-18-15-8-22(9-19(30-21(22)26)14-5-6-27-10-14)20(25)4-3-17(29-13(2)24)16(15)11-28-18/h5-6,10-11,17,19H,3-4,7-9H2,1-2H3. The molecule has 4 rings (SSSR count). The molecule has 3 heterocycles. The number of carbonyl (C=O) groups is 4. The molecule has 0 aromatic carbocycles. The first-order valence-electron chi connectivity index (χ1n) is 9.82. The number of furan rings is 2. The summed E-state index contributed by atoms with van der Waals surface area (Å²) in [6.07, 6.45) is 3.67. The maximum Gasteiger partial charge on any atom is 0.320 e. The Kier molecular flexibility index (Phi) is 5.09. The first-order valence-corrected chi connectivity index (χ1v) is 9.82. The highest BCUT2D eigenvalue weighted by Gasteiger charge is 2.56. The molecular weight excluding hydrogens is 392 g/mol. The first-order chi connectivity index (χ1) is 14.3. The summed E-state index contributed by atoms with van der Waals surface area (Å²) in [6.45, 7) is 2.73. The van der Waals surface area contributed by atoms with Crippen LogP contribution in [0.4, 0.5) is 0 Å². The third-order valence-electron chi connectivity index (χ3n) is 5.81. The minimum absolute atomic E-state index is 0.0204. The third kappa shape index (κ3) is 3.46. The van der Waals surface area contributed by atoms with Crippen LogP contribution >= 0.6 is 0 Å². The second-order valence-electron chi connectivity index (χ2n) is 7.95. The van der Waals surface area contributed by atoms with Gasteiger partial charge in [0, 0.05) is 36.5 Å². The van der Waals surface area contributed by atoms with Gasteiger partial charge < -0.3 is 18.3 Å². The Morgan fingerprint density at radius 3 is 2.70 bits per heavy atom. The van der Waals surface area contributed by atoms with Gasteiger partial charge in [0.15, 0.2) is 5.78 Å². The Morgan fingerprint density at radius 1 is 1.23 bits per heavy atom. The predicted molar refractivity (Wildman–Crippen MR) is 100 cm³/mol. The zero-order valence-corrected chi connectivity index (χ0v) is 16.8. The highest BCUT2D eigenvalue weighted by atomic mass is 16.6. The van der Waals surface area contributed by atoms with E-state index >= 15 is 0 Å². The zero-order chi connectivity index (χ0) is 21.5. The van der Waals surface area contributed by atoms with Crippen LogP contribution in [0.3, 0.4) is 0 Å². The van der Waals surface area contributed by atoms with Gasteiger partial charge >= 0.3 is 11.9 Å². The summed E-state index contributed by atoms with van der Waals surface area (Å²) in [4.78, 5) is 49.6. The van der Waals surface area contributed by atoms with Gasteiger partial charge in [-0.05, 0) is 25.8 Å². The lowest BCUT2D eigenvalue weighted by molar-refractivity contribution is -0.155. The van der Waals surface area contributed by atoms with Crippen molar-refractivity contribution in [3.63, 3.8) is 0 Å². The highest BCUT2D eigenvalue weighted by molar-refractivity contribution is 6.05. The van der Waals surface area contributed by atoms with Crippen molar-refractivity contribution in [1.82, 2.24) is 0 Å². The molecule has 3 atom stereocenters. The summed E-state index contributed by atoms with van der Waals surface area (Å²) in [6, 6.07) is 1.70. The molecule has 2 aromatic rings. The van der Waals surface area contributed by atoms with Crippen molar-refractivity contribution >= 4 is 23.5 Å². The van der Waals surface area contributed by atoms with E-state index in [-0.39, 0.29) is 43.7 Å². The lowest BCUT2D eigenvalue weighted by Gasteiger charge is -2.28. The fourth-order valence-corrected chi connectivity index (χ4v) is 4.36. The molecule has 158 valence electrons. The third-order valence-corrected chi connectivity index (χ3v) is 5.81. The Morgan fingerprint density at radius 2 is 2.03 bits per heavy atom. The van der Waals surface area contributed by atoms with Crippen LogP contribution in [0.25, 0.3) is 0 Å². The van der Waals surface area contributed by atoms with Crippen LogP contribution in [-0.4, -0.2) is 23.5 Å². The van der Waals surface area contributed by atoms with E-state index < -0.39 is 29.6 Å². The van der Waals surface area contributed by atoms with Gasteiger partial charge in [0.25, 0.3) is 0 Å². The van der Waals surface area contributed by atoms with Crippen LogP contribution < -0.4 is 0 Å². The lowest BCUT2D eigenvalue weighted by atomic mass is 9.71. The number of hydrogen-bond donors (Lipinski definition) is 0. The monoisotopic (exact) mass is 414 g/mol. The van der Waals surface area contributed by atoms with Crippen molar-refractivity contribution in [2.24, 2.45) is 5.41 Å². The first kappa shape index (κ1) is 20.1. The van der Waals surface area contributed by atoms with E-state index in [0.29, 0.717) is 22.5 Å². The molecular formula is C22H22O8. The molecule has 0 radical (unpaired) electrons. The van der Waals surface area contributed by atoms with Crippen molar-refractivity contribution in [1.29, 1.82) is 0 Å². The molecule has 2 aromatic heterocycles. The Labute approximate surface area is 172 Å². The largest absolute Gasteiger partial charge is 0.472 e. The minimum Gasteiger partial charge on any atom is -0.472 e. The van der Waals surface area contributed by atoms with Gasteiger partial charge in [0.1, 0.15) is 29.2 Å². The average Bonchev–Trinajstić information content (AvgIpc) is 3.38. The zero-order valence-electron chi connectivity index (χ0n) is 16.8. The number of ketones is 2. The SMILES string of the molecule is CC(=O)Cc1occ2c1CC1(CC(c3ccoc3)OC1=O)C(=O)CCC2OC(C)=O. The lowest BCUT2D eigenvalue weighted by Crippen LogP contribution is -2.40. The van der Waals surface area contributed by atoms with Gasteiger partial charge in [-0.3, -0.25) is 19.2 Å². The molecule has 3 unspecified atom stereocenters. The number of esters is 2. The molecule has 8 heteroatoms. The quantitative estimate of drug-likeness (QED) is 0.554. The Hall–Kier alpha value is -3.16. The molecule has 30 heavy (non-hydrogen) atoms. The molecule has 1 aliphatic heterocycles. The maximum absolute atomic E-state index is 13.3. The van der Waals surface area contributed by atoms with Crippen molar-refractivity contribution < 1.29 is 37.5 Å². The van der Waals surface area contributed by atoms with Gasteiger partial charge in [0.05, 0.1) is 25.2 Å². The second kappa shape index (κ2) is 7.59. The van der Waals surface area contributed by atoms with E-state index in [0.717, 1.165) is 0 Å². The van der Waals surface area contributed by atoms with Crippen LogP contribution in [0, 0.1) is 5.41 Å². The van der Waals surface area contributed by atoms with Crippen molar-refractivity contribution in [3.8, 4) is 0 Å². The molecule has 1 spiro atoms. The number of carbonyl (C=O) groups excluding carboxylic acids is 4. The number of fused-ring (bicyclic) bond motifs is 1. The van der Waals surface area contributed by atoms with E-state index in [1.54, 1.807) is 6.07 Å². The van der Waals surface area contributed by atoms with Crippen LogP contribution in [0.15, 0.2) is 33.7 Å². The summed E-state index contributed by atoms with van der Waals surface area (Å²) >= 11 is 0. The van der Waals surface area contributed by atoms with E-state index in [4.69, 9.17) is 18.3 Å². The van der Waals surface area contributed by atoms with Gasteiger partial charge in [-0.15, -0.1) is 0 Å². The predicted octanol–water partition coefficient (Wildman–Crippen LogP) is 3.19. The van der Waals surface area contributed by atoms with Gasteiger partial charge in [-0.25, -0.2) is 0 Å². The fraction of sp³-hybridized carbons (Fsp3) is 0.455. The normalized spacial score (nSPS) is 26.1. The van der Waals surface area contributed by atoms with E-state index in [1.807, 2.05) is 0 Å². The summed E-state index contributed by atoms with van der Waals surface area (Å²) in [7, 11) is 0. The van der Waals surface area contributed by atoms with E-state index in [1.165, 1.54) is 32.6 Å². The molecule has 1 saturated heterocycles. The highest BCUT2D eigenvalue weighted by Crippen LogP contribution is 2.49. The van der Waals surface area contributed by atoms with Gasteiger partial charge in [-0.2, -0.15) is 0 Å². The summed E-state index contributed by atoms with van der Waals surface area (Å²) < 4.78 is 21.7. The van der Waals surface area contributed by atoms with Crippen molar-refractivity contribution in [2.45, 2.75) is 58.2 Å². The second-order valence-corrected chi connectivity index (χ2v) is 7.95. The summed E-state index contributed by atoms with van der Waals surface area (Å²) in [5.41, 5.74) is 0.458. The molecule has 2 aliphatic rings. The molecule has 0 amide bonds. The number of cyclic esters (lactones) is 1. The van der Waals surface area contributed by atoms with Crippen LogP contribution in [0.2, 0.25) is 0 Å². The molecule has 8 nitrogen and oxygen atoms in total. The Bertz CT molecular complexity index is 999. The number of hydrogen-bond acceptors (Lipinski definition) is 8. The fourth-order valence-electron chi connectivity index (χ4n) is 4.36. The van der Waals surface area contributed by atoms with E-state index in [9.17, 15) is 19.2 Å². The summed E-state index contributed by atoms with van der Waals surface area (Å²) in [5.74, 6) is -1.09. The molecule has 1 fully saturated rings. The van der Waals surface area contributed by atoms with Crippen molar-refractivity contribution in [2.75, 3.05) is 0 Å². The topological polar surface area (TPSA) is 113 Å². The smallest absolute Gasteiger partial charge is 0.320 e. The van der Waals surface area contributed by atoms with E-state index in [2.05, 4.69) is 0 Å². The number of rotatable bonds is 4. The number of ether oxygens (including phenoxy) is 2. The van der Waals surface area contributed by atoms with Crippen LogP contribution in [0.5, 0.6) is 0 Å². The molecule has 0 bridgehead atoms. The molecule has 0 N–H and O–H groups in total. The minimum atomic E-state index is -1.38. The number of Topliss-reactive ketones (excluding diaryl/α,β-unsaturated/α-hetero) is 2. The van der Waals surface area contributed by atoms with Crippen LogP contribution in [-0.2, 0) is 41.5 Å². The molecule has 0 saturated carbocycles. The van der Waals surface area contributed by atoms with Crippen LogP contribution in [0.1, 0.15) is 67.8 Å². The van der Waals surface area contributed by atoms with Gasteiger partial charge in [-0.1, -0.05) is 0 Å².